The second-order valence-corrected chi connectivity index (χ2v) is 7.45. The number of pyridine rings is 1. The number of nitrogens with zero attached hydrogens (tertiary/aromatic N) is 3. The van der Waals surface area contributed by atoms with Crippen LogP contribution in [0, 0.1) is 13.8 Å². The molecule has 0 aliphatic rings. The molecule has 1 amide bonds. The highest BCUT2D eigenvalue weighted by Crippen LogP contribution is 2.28. The van der Waals surface area contributed by atoms with Crippen LogP contribution in [0.5, 0.6) is 5.75 Å². The van der Waals surface area contributed by atoms with E-state index < -0.39 is 0 Å². The number of hydrogen-bond donors (Lipinski definition) is 1. The summed E-state index contributed by atoms with van der Waals surface area (Å²) >= 11 is 1.36. The molecule has 1 N–H and O–H groups in total. The van der Waals surface area contributed by atoms with E-state index in [0.29, 0.717) is 16.6 Å². The summed E-state index contributed by atoms with van der Waals surface area (Å²) in [5, 5.41) is 13.4. The number of rotatable bonds is 5. The van der Waals surface area contributed by atoms with Gasteiger partial charge in [0.05, 0.1) is 24.1 Å². The highest BCUT2D eigenvalue weighted by molar-refractivity contribution is 7.99. The van der Waals surface area contributed by atoms with E-state index >= 15 is 0 Å². The van der Waals surface area contributed by atoms with Crippen molar-refractivity contribution in [3.63, 3.8) is 0 Å². The van der Waals surface area contributed by atoms with Gasteiger partial charge in [0.1, 0.15) is 5.75 Å². The van der Waals surface area contributed by atoms with Crippen LogP contribution in [0.4, 0.5) is 5.69 Å². The second-order valence-electron chi connectivity index (χ2n) is 6.51. The third-order valence-electron chi connectivity index (χ3n) is 4.60. The molecule has 142 valence electrons. The molecule has 28 heavy (non-hydrogen) atoms. The lowest BCUT2D eigenvalue weighted by molar-refractivity contribution is -0.113. The van der Waals surface area contributed by atoms with Crippen LogP contribution in [0.25, 0.3) is 16.6 Å². The Morgan fingerprint density at radius 3 is 2.75 bits per heavy atom. The Hall–Kier alpha value is -3.06. The zero-order chi connectivity index (χ0) is 19.7. The molecule has 2 aromatic carbocycles. The van der Waals surface area contributed by atoms with E-state index in [4.69, 9.17) is 4.74 Å². The van der Waals surface area contributed by atoms with Gasteiger partial charge >= 0.3 is 0 Å². The first-order valence-electron chi connectivity index (χ1n) is 8.88. The fourth-order valence-electron chi connectivity index (χ4n) is 3.29. The number of para-hydroxylation sites is 3. The summed E-state index contributed by atoms with van der Waals surface area (Å²) in [6.07, 6.45) is 0. The predicted molar refractivity (Wildman–Crippen MR) is 112 cm³/mol. The van der Waals surface area contributed by atoms with Gasteiger partial charge in [0.15, 0.2) is 10.8 Å². The SMILES string of the molecule is COc1ccccc1NC(=O)CSc1nnc2cc(C)c3cccc(C)c3n12. The lowest BCUT2D eigenvalue weighted by Crippen LogP contribution is -2.15. The van der Waals surface area contributed by atoms with E-state index in [1.165, 1.54) is 11.8 Å². The van der Waals surface area contributed by atoms with Crippen LogP contribution in [0.1, 0.15) is 11.1 Å². The van der Waals surface area contributed by atoms with Gasteiger partial charge in [-0.25, -0.2) is 0 Å². The van der Waals surface area contributed by atoms with Gasteiger partial charge in [-0.15, -0.1) is 10.2 Å². The van der Waals surface area contributed by atoms with Crippen LogP contribution in [0.3, 0.4) is 0 Å². The maximum absolute atomic E-state index is 12.5. The summed E-state index contributed by atoms with van der Waals surface area (Å²) in [4.78, 5) is 12.5. The Bertz CT molecular complexity index is 1190. The van der Waals surface area contributed by atoms with Crippen molar-refractivity contribution >= 4 is 39.9 Å². The van der Waals surface area contributed by atoms with E-state index in [-0.39, 0.29) is 11.7 Å². The third kappa shape index (κ3) is 3.29. The topological polar surface area (TPSA) is 68.5 Å². The van der Waals surface area contributed by atoms with Crippen LogP contribution in [-0.4, -0.2) is 33.4 Å². The van der Waals surface area contributed by atoms with Crippen molar-refractivity contribution in [1.29, 1.82) is 0 Å². The lowest BCUT2D eigenvalue weighted by Gasteiger charge is -2.11. The summed E-state index contributed by atoms with van der Waals surface area (Å²) in [6.45, 7) is 4.15. The van der Waals surface area contributed by atoms with Gasteiger partial charge in [0.25, 0.3) is 0 Å². The first kappa shape index (κ1) is 18.3. The number of carbonyl (C=O) groups is 1. The summed E-state index contributed by atoms with van der Waals surface area (Å²) in [5.74, 6) is 0.727. The Kier molecular flexibility index (Phi) is 4.92. The number of carbonyl (C=O) groups excluding carboxylic acids is 1. The maximum Gasteiger partial charge on any atom is 0.234 e. The quantitative estimate of drug-likeness (QED) is 0.515. The Labute approximate surface area is 166 Å². The van der Waals surface area contributed by atoms with Gasteiger partial charge in [-0.2, -0.15) is 0 Å². The number of benzene rings is 2. The van der Waals surface area contributed by atoms with Crippen molar-refractivity contribution in [3.8, 4) is 5.75 Å². The van der Waals surface area contributed by atoms with E-state index in [2.05, 4.69) is 41.5 Å². The Morgan fingerprint density at radius 2 is 1.93 bits per heavy atom. The van der Waals surface area contributed by atoms with Gasteiger partial charge in [-0.05, 0) is 43.2 Å². The Morgan fingerprint density at radius 1 is 1.11 bits per heavy atom. The molecule has 2 heterocycles. The summed E-state index contributed by atoms with van der Waals surface area (Å²) in [7, 11) is 1.58. The number of thioether (sulfide) groups is 1. The lowest BCUT2D eigenvalue weighted by atomic mass is 10.1. The second kappa shape index (κ2) is 7.52. The molecular weight excluding hydrogens is 372 g/mol. The molecule has 0 spiro atoms. The zero-order valence-corrected chi connectivity index (χ0v) is 16.7. The van der Waals surface area contributed by atoms with Crippen molar-refractivity contribution in [2.75, 3.05) is 18.2 Å². The highest BCUT2D eigenvalue weighted by Gasteiger charge is 2.15. The van der Waals surface area contributed by atoms with Crippen LogP contribution in [0.15, 0.2) is 53.7 Å². The number of fused-ring (bicyclic) bond motifs is 3. The van der Waals surface area contributed by atoms with Crippen LogP contribution < -0.4 is 10.1 Å². The van der Waals surface area contributed by atoms with Gasteiger partial charge in [0.2, 0.25) is 5.91 Å². The minimum atomic E-state index is -0.126. The molecule has 0 saturated carbocycles. The van der Waals surface area contributed by atoms with Crippen LogP contribution in [-0.2, 0) is 4.79 Å². The standard InChI is InChI=1S/C21H20N4O2S/c1-13-7-6-8-15-14(2)11-18-23-24-21(25(18)20(13)15)28-12-19(26)22-16-9-4-5-10-17(16)27-3/h4-11H,12H2,1-3H3,(H,22,26). The molecule has 0 aliphatic carbocycles. The van der Waals surface area contributed by atoms with E-state index in [1.807, 2.05) is 40.8 Å². The molecule has 4 aromatic rings. The van der Waals surface area contributed by atoms with Gasteiger partial charge in [-0.3, -0.25) is 9.20 Å². The van der Waals surface area contributed by atoms with Crippen molar-refractivity contribution in [2.45, 2.75) is 19.0 Å². The summed E-state index contributed by atoms with van der Waals surface area (Å²) in [5.41, 5.74) is 4.82. The third-order valence-corrected chi connectivity index (χ3v) is 5.53. The number of amides is 1. The van der Waals surface area contributed by atoms with Gasteiger partial charge in [0, 0.05) is 5.39 Å². The van der Waals surface area contributed by atoms with E-state index in [1.54, 1.807) is 7.11 Å². The molecule has 7 heteroatoms. The summed E-state index contributed by atoms with van der Waals surface area (Å²) in [6, 6.07) is 15.6. The molecule has 0 fully saturated rings. The van der Waals surface area contributed by atoms with Crippen molar-refractivity contribution in [1.82, 2.24) is 14.6 Å². The van der Waals surface area contributed by atoms with E-state index in [0.717, 1.165) is 27.7 Å². The van der Waals surface area contributed by atoms with Crippen LogP contribution in [0.2, 0.25) is 0 Å². The number of methoxy groups -OCH3 is 1. The predicted octanol–water partition coefficient (Wildman–Crippen LogP) is 4.24. The minimum Gasteiger partial charge on any atom is -0.495 e. The molecule has 0 bridgehead atoms. The number of ether oxygens (including phenoxy) is 1. The van der Waals surface area contributed by atoms with Gasteiger partial charge < -0.3 is 10.1 Å². The number of anilines is 1. The highest BCUT2D eigenvalue weighted by atomic mass is 32.2. The fraction of sp³-hybridized carbons (Fsp3) is 0.190. The number of aryl methyl sites for hydroxylation is 2. The number of nitrogens with one attached hydrogen (secondary N) is 1. The monoisotopic (exact) mass is 392 g/mol. The largest absolute Gasteiger partial charge is 0.495 e. The average molecular weight is 392 g/mol. The molecule has 0 unspecified atom stereocenters. The van der Waals surface area contributed by atoms with Crippen molar-refractivity contribution in [2.24, 2.45) is 0 Å². The molecular formula is C21H20N4O2S. The summed E-state index contributed by atoms with van der Waals surface area (Å²) < 4.78 is 7.31. The number of hydrogen-bond acceptors (Lipinski definition) is 5. The van der Waals surface area contributed by atoms with Gasteiger partial charge in [-0.1, -0.05) is 42.1 Å². The molecule has 6 nitrogen and oxygen atoms in total. The molecule has 0 atom stereocenters. The fourth-order valence-corrected chi connectivity index (χ4v) is 4.03. The molecule has 0 aliphatic heterocycles. The molecule has 0 saturated heterocycles. The first-order valence-corrected chi connectivity index (χ1v) is 9.87. The average Bonchev–Trinajstić information content (AvgIpc) is 3.09. The molecule has 0 radical (unpaired) electrons. The number of aromatic nitrogens is 3. The smallest absolute Gasteiger partial charge is 0.234 e. The normalized spacial score (nSPS) is 11.1. The van der Waals surface area contributed by atoms with Crippen LogP contribution >= 0.6 is 11.8 Å². The molecule has 4 rings (SSSR count). The first-order chi connectivity index (χ1) is 13.6. The van der Waals surface area contributed by atoms with E-state index in [9.17, 15) is 4.79 Å². The maximum atomic E-state index is 12.5. The molecule has 2 aromatic heterocycles. The Balaban J connectivity index is 1.61. The minimum absolute atomic E-state index is 0.126. The zero-order valence-electron chi connectivity index (χ0n) is 15.9. The van der Waals surface area contributed by atoms with Crippen molar-refractivity contribution < 1.29 is 9.53 Å². The van der Waals surface area contributed by atoms with Crippen molar-refractivity contribution in [3.05, 3.63) is 59.7 Å².